The van der Waals surface area contributed by atoms with E-state index < -0.39 is 0 Å². The summed E-state index contributed by atoms with van der Waals surface area (Å²) in [5.74, 6) is 1.01. The summed E-state index contributed by atoms with van der Waals surface area (Å²) in [5.41, 5.74) is 3.14. The van der Waals surface area contributed by atoms with Gasteiger partial charge < -0.3 is 9.73 Å². The van der Waals surface area contributed by atoms with Gasteiger partial charge >= 0.3 is 0 Å². The van der Waals surface area contributed by atoms with E-state index in [1.54, 1.807) is 18.2 Å². The van der Waals surface area contributed by atoms with Gasteiger partial charge in [0.15, 0.2) is 5.76 Å². The molecule has 0 amide bonds. The number of carbonyl (C=O) groups excluding carboxylic acids is 1. The van der Waals surface area contributed by atoms with Crippen LogP contribution in [0.1, 0.15) is 41.3 Å². The van der Waals surface area contributed by atoms with Crippen LogP contribution in [0.3, 0.4) is 0 Å². The normalized spacial score (nSPS) is 18.1. The fourth-order valence-corrected chi connectivity index (χ4v) is 2.77. The first kappa shape index (κ1) is 13.7. The Bertz CT molecular complexity index is 722. The number of benzene rings is 1. The number of hydrogen-bond donors (Lipinski definition) is 1. The third kappa shape index (κ3) is 2.77. The van der Waals surface area contributed by atoms with Crippen LogP contribution in [0.4, 0.5) is 0 Å². The van der Waals surface area contributed by atoms with E-state index in [0.717, 1.165) is 23.4 Å². The zero-order valence-electron chi connectivity index (χ0n) is 12.6. The molecule has 3 nitrogen and oxygen atoms in total. The Balaban J connectivity index is 2.01. The van der Waals surface area contributed by atoms with Crippen molar-refractivity contribution in [3.05, 3.63) is 65.1 Å². The van der Waals surface area contributed by atoms with Crippen LogP contribution in [0.2, 0.25) is 0 Å². The van der Waals surface area contributed by atoms with Gasteiger partial charge in [-0.3, -0.25) is 4.79 Å². The number of carbonyl (C=O) groups is 1. The molecular formula is C18H19NO2. The average molecular weight is 281 g/mol. The first-order valence-electron chi connectivity index (χ1n) is 7.13. The molecule has 3 heteroatoms. The first-order chi connectivity index (χ1) is 9.94. The second-order valence-electron chi connectivity index (χ2n) is 6.18. The molecule has 0 bridgehead atoms. The van der Waals surface area contributed by atoms with Gasteiger partial charge in [-0.25, -0.2) is 0 Å². The minimum Gasteiger partial charge on any atom is -0.458 e. The molecule has 0 saturated carbocycles. The highest BCUT2D eigenvalue weighted by Crippen LogP contribution is 2.29. The van der Waals surface area contributed by atoms with Crippen molar-refractivity contribution in [2.45, 2.75) is 32.7 Å². The third-order valence-electron chi connectivity index (χ3n) is 3.67. The van der Waals surface area contributed by atoms with E-state index in [1.165, 1.54) is 5.56 Å². The van der Waals surface area contributed by atoms with E-state index in [4.69, 9.17) is 4.42 Å². The number of nitrogens with one attached hydrogen (secondary N) is 1. The second-order valence-corrected chi connectivity index (χ2v) is 6.18. The molecule has 0 saturated heterocycles. The predicted molar refractivity (Wildman–Crippen MR) is 83.1 cm³/mol. The monoisotopic (exact) mass is 281 g/mol. The molecule has 21 heavy (non-hydrogen) atoms. The molecule has 0 atom stereocenters. The van der Waals surface area contributed by atoms with Crippen molar-refractivity contribution in [2.24, 2.45) is 0 Å². The predicted octanol–water partition coefficient (Wildman–Crippen LogP) is 3.74. The van der Waals surface area contributed by atoms with Gasteiger partial charge in [0.05, 0.1) is 0 Å². The van der Waals surface area contributed by atoms with Crippen LogP contribution in [-0.2, 0) is 6.42 Å². The molecule has 0 unspecified atom stereocenters. The van der Waals surface area contributed by atoms with Crippen LogP contribution in [0, 0.1) is 6.92 Å². The van der Waals surface area contributed by atoms with E-state index in [-0.39, 0.29) is 11.3 Å². The summed E-state index contributed by atoms with van der Waals surface area (Å²) in [5, 5.41) is 3.45. The first-order valence-corrected chi connectivity index (χ1v) is 7.13. The molecule has 1 aromatic carbocycles. The highest BCUT2D eigenvalue weighted by molar-refractivity contribution is 6.06. The number of aryl methyl sites for hydroxylation is 1. The molecule has 1 aliphatic rings. The number of fused-ring (bicyclic) bond motifs is 1. The smallest absolute Gasteiger partial charge is 0.223 e. The van der Waals surface area contributed by atoms with E-state index in [9.17, 15) is 4.79 Å². The average Bonchev–Trinajstić information content (AvgIpc) is 2.84. The number of ketones is 1. The van der Waals surface area contributed by atoms with Crippen molar-refractivity contribution in [1.82, 2.24) is 5.32 Å². The molecular weight excluding hydrogens is 262 g/mol. The minimum atomic E-state index is -0.113. The summed E-state index contributed by atoms with van der Waals surface area (Å²) in [6.45, 7) is 6.11. The van der Waals surface area contributed by atoms with E-state index >= 15 is 0 Å². The summed E-state index contributed by atoms with van der Waals surface area (Å²) in [6, 6.07) is 11.7. The minimum absolute atomic E-state index is 0.0699. The lowest BCUT2D eigenvalue weighted by atomic mass is 9.85. The summed E-state index contributed by atoms with van der Waals surface area (Å²) in [6.07, 6.45) is 2.58. The maximum absolute atomic E-state index is 12.3. The number of furan rings is 1. The number of rotatable bonds is 2. The van der Waals surface area contributed by atoms with Gasteiger partial charge in [0.2, 0.25) is 5.78 Å². The fraction of sp³-hybridized carbons (Fsp3) is 0.278. The molecule has 0 radical (unpaired) electrons. The standard InChI is InChI=1S/C18H19NO2/c1-12-8-9-17(21-12)16(20)10-15-14-7-5-4-6-13(14)11-18(2,3)19-15/h4-10,19H,11H2,1-3H3. The summed E-state index contributed by atoms with van der Waals surface area (Å²) in [4.78, 5) is 12.3. The van der Waals surface area contributed by atoms with Crippen LogP contribution in [0.5, 0.6) is 0 Å². The van der Waals surface area contributed by atoms with Gasteiger partial charge in [0, 0.05) is 22.9 Å². The molecule has 108 valence electrons. The molecule has 0 spiro atoms. The molecule has 1 aliphatic heterocycles. The third-order valence-corrected chi connectivity index (χ3v) is 3.67. The van der Waals surface area contributed by atoms with Crippen molar-refractivity contribution in [3.8, 4) is 0 Å². The Labute approximate surface area is 124 Å². The molecule has 1 aromatic heterocycles. The highest BCUT2D eigenvalue weighted by atomic mass is 16.3. The fourth-order valence-electron chi connectivity index (χ4n) is 2.77. The SMILES string of the molecule is Cc1ccc(C(=O)C=C2NC(C)(C)Cc3ccccc32)o1. The molecule has 0 aliphatic carbocycles. The summed E-state index contributed by atoms with van der Waals surface area (Å²) in [7, 11) is 0. The largest absolute Gasteiger partial charge is 0.458 e. The van der Waals surface area contributed by atoms with Crippen LogP contribution in [-0.4, -0.2) is 11.3 Å². The lowest BCUT2D eigenvalue weighted by Gasteiger charge is -2.35. The van der Waals surface area contributed by atoms with E-state index in [1.807, 2.05) is 25.1 Å². The molecule has 2 aromatic rings. The Morgan fingerprint density at radius 2 is 2.00 bits per heavy atom. The van der Waals surface area contributed by atoms with E-state index in [2.05, 4.69) is 25.2 Å². The maximum atomic E-state index is 12.3. The van der Waals surface area contributed by atoms with Gasteiger partial charge in [-0.15, -0.1) is 0 Å². The Morgan fingerprint density at radius 3 is 2.71 bits per heavy atom. The maximum Gasteiger partial charge on any atom is 0.223 e. The van der Waals surface area contributed by atoms with Gasteiger partial charge in [0.25, 0.3) is 0 Å². The Hall–Kier alpha value is -2.29. The van der Waals surface area contributed by atoms with Crippen molar-refractivity contribution in [3.63, 3.8) is 0 Å². The molecule has 1 N–H and O–H groups in total. The van der Waals surface area contributed by atoms with Gasteiger partial charge in [-0.1, -0.05) is 24.3 Å². The Morgan fingerprint density at radius 1 is 1.24 bits per heavy atom. The Kier molecular flexibility index (Phi) is 3.20. The zero-order chi connectivity index (χ0) is 15.0. The lowest BCUT2D eigenvalue weighted by molar-refractivity contribution is 0.102. The highest BCUT2D eigenvalue weighted by Gasteiger charge is 2.27. The lowest BCUT2D eigenvalue weighted by Crippen LogP contribution is -2.43. The molecule has 2 heterocycles. The van der Waals surface area contributed by atoms with Gasteiger partial charge in [-0.2, -0.15) is 0 Å². The van der Waals surface area contributed by atoms with Crippen LogP contribution < -0.4 is 5.32 Å². The van der Waals surface area contributed by atoms with Crippen molar-refractivity contribution in [2.75, 3.05) is 0 Å². The zero-order valence-corrected chi connectivity index (χ0v) is 12.6. The van der Waals surface area contributed by atoms with Crippen molar-refractivity contribution >= 4 is 11.5 Å². The quantitative estimate of drug-likeness (QED) is 0.673. The molecule has 0 fully saturated rings. The van der Waals surface area contributed by atoms with Crippen LogP contribution in [0.25, 0.3) is 5.70 Å². The van der Waals surface area contributed by atoms with Crippen LogP contribution >= 0.6 is 0 Å². The second kappa shape index (κ2) is 4.92. The topological polar surface area (TPSA) is 42.2 Å². The van der Waals surface area contributed by atoms with Gasteiger partial charge in [0.1, 0.15) is 5.76 Å². The summed E-state index contributed by atoms with van der Waals surface area (Å²) < 4.78 is 5.40. The van der Waals surface area contributed by atoms with Crippen molar-refractivity contribution in [1.29, 1.82) is 0 Å². The summed E-state index contributed by atoms with van der Waals surface area (Å²) >= 11 is 0. The number of hydrogen-bond acceptors (Lipinski definition) is 3. The van der Waals surface area contributed by atoms with Crippen molar-refractivity contribution < 1.29 is 9.21 Å². The van der Waals surface area contributed by atoms with Gasteiger partial charge in [-0.05, 0) is 44.9 Å². The number of allylic oxidation sites excluding steroid dienone is 1. The van der Waals surface area contributed by atoms with E-state index in [0.29, 0.717) is 5.76 Å². The van der Waals surface area contributed by atoms with Crippen LogP contribution in [0.15, 0.2) is 46.9 Å². The molecule has 3 rings (SSSR count).